The van der Waals surface area contributed by atoms with Crippen LogP contribution in [0.25, 0.3) is 31.3 Å². The van der Waals surface area contributed by atoms with Gasteiger partial charge in [0, 0.05) is 14.7 Å². The zero-order valence-corrected chi connectivity index (χ0v) is 30.5. The van der Waals surface area contributed by atoms with Crippen LogP contribution in [0.2, 0.25) is 0 Å². The van der Waals surface area contributed by atoms with E-state index in [2.05, 4.69) is 30.1 Å². The molecule has 4 aromatic carbocycles. The maximum Gasteiger partial charge on any atom is 0.169 e. The summed E-state index contributed by atoms with van der Waals surface area (Å²) in [5, 5.41) is 23.0. The minimum atomic E-state index is -1.35. The van der Waals surface area contributed by atoms with Crippen LogP contribution in [0, 0.1) is 0 Å². The van der Waals surface area contributed by atoms with Crippen molar-refractivity contribution in [1.82, 2.24) is 0 Å². The summed E-state index contributed by atoms with van der Waals surface area (Å²) in [6, 6.07) is 34.9. The number of nitrogens with zero attached hydrogens (tertiary/aromatic N) is 9. The van der Waals surface area contributed by atoms with Crippen LogP contribution in [0.3, 0.4) is 0 Å². The Labute approximate surface area is 323 Å². The van der Waals surface area contributed by atoms with Crippen LogP contribution < -0.4 is 0 Å². The first-order valence-corrected chi connectivity index (χ1v) is 18.3. The highest BCUT2D eigenvalue weighted by Gasteiger charge is 2.52. The zero-order valence-electron chi connectivity index (χ0n) is 30.5. The molecule has 56 heavy (non-hydrogen) atoms. The molecule has 2 fully saturated rings. The van der Waals surface area contributed by atoms with Crippen LogP contribution in [0.1, 0.15) is 28.7 Å². The van der Waals surface area contributed by atoms with Crippen molar-refractivity contribution >= 4 is 0 Å². The van der Waals surface area contributed by atoms with Gasteiger partial charge >= 0.3 is 0 Å². The summed E-state index contributed by atoms with van der Waals surface area (Å²) >= 11 is 0. The highest BCUT2D eigenvalue weighted by atomic mass is 16.7. The Hall–Kier alpha value is -5.47. The largest absolute Gasteiger partial charge is 0.394 e. The Morgan fingerprint density at radius 2 is 0.911 bits per heavy atom. The Bertz CT molecular complexity index is 1930. The number of hydrogen-bond acceptors (Lipinski definition) is 10. The van der Waals surface area contributed by atoms with E-state index in [1.807, 2.05) is 121 Å². The lowest BCUT2D eigenvalue weighted by Gasteiger charge is -2.48. The summed E-state index contributed by atoms with van der Waals surface area (Å²) in [5.74, 6) is 0. The van der Waals surface area contributed by atoms with Gasteiger partial charge in [-0.3, -0.25) is 0 Å². The van der Waals surface area contributed by atoms with Crippen LogP contribution in [0.4, 0.5) is 0 Å². The molecule has 0 radical (unpaired) electrons. The Kier molecular flexibility index (Phi) is 15.1. The molecule has 1 N–H and O–H groups in total. The molecule has 1 heterocycles. The summed E-state index contributed by atoms with van der Waals surface area (Å²) in [6.07, 6.45) is -7.15. The first-order chi connectivity index (χ1) is 27.6. The average Bonchev–Trinajstić information content (AvgIpc) is 3.24. The van der Waals surface area contributed by atoms with E-state index in [4.69, 9.17) is 28.4 Å². The van der Waals surface area contributed by atoms with Gasteiger partial charge in [-0.25, -0.2) is 0 Å². The summed E-state index contributed by atoms with van der Waals surface area (Å²) < 4.78 is 39.1. The molecule has 1 aliphatic heterocycles. The topological polar surface area (TPSA) is 222 Å². The monoisotopic (exact) mass is 761 g/mol. The maximum atomic E-state index is 10.7. The predicted octanol–water partition coefficient (Wildman–Crippen LogP) is 7.87. The fourth-order valence-corrected chi connectivity index (χ4v) is 7.01. The lowest BCUT2D eigenvalue weighted by molar-refractivity contribution is -0.310. The zero-order chi connectivity index (χ0) is 39.0. The third-order valence-corrected chi connectivity index (χ3v) is 9.70. The second kappa shape index (κ2) is 21.0. The summed E-state index contributed by atoms with van der Waals surface area (Å²) in [5.41, 5.74) is 32.7. The molecule has 0 aromatic heterocycles. The van der Waals surface area contributed by atoms with Gasteiger partial charge in [0.1, 0.15) is 30.5 Å². The molecule has 0 spiro atoms. The molecule has 10 atom stereocenters. The van der Waals surface area contributed by atoms with Crippen LogP contribution in [-0.4, -0.2) is 72.8 Å². The number of rotatable bonds is 18. The van der Waals surface area contributed by atoms with E-state index < -0.39 is 67.6 Å². The summed E-state index contributed by atoms with van der Waals surface area (Å²) in [4.78, 5) is 9.34. The molecule has 1 saturated heterocycles. The molecule has 7 unspecified atom stereocenters. The van der Waals surface area contributed by atoms with Gasteiger partial charge in [0.25, 0.3) is 0 Å². The Balaban J connectivity index is 1.36. The van der Waals surface area contributed by atoms with Crippen molar-refractivity contribution in [3.05, 3.63) is 175 Å². The number of aliphatic hydroxyl groups is 1. The van der Waals surface area contributed by atoms with Crippen LogP contribution in [0.15, 0.2) is 137 Å². The van der Waals surface area contributed by atoms with Crippen molar-refractivity contribution in [2.75, 3.05) is 6.61 Å². The molecule has 16 heteroatoms. The predicted molar refractivity (Wildman–Crippen MR) is 204 cm³/mol. The van der Waals surface area contributed by atoms with E-state index >= 15 is 0 Å². The van der Waals surface area contributed by atoms with Gasteiger partial charge in [-0.05, 0) is 45.3 Å². The van der Waals surface area contributed by atoms with Crippen molar-refractivity contribution in [1.29, 1.82) is 0 Å². The van der Waals surface area contributed by atoms with Crippen LogP contribution in [0.5, 0.6) is 0 Å². The Morgan fingerprint density at radius 1 is 0.518 bits per heavy atom. The van der Waals surface area contributed by atoms with E-state index in [1.165, 1.54) is 0 Å². The molecule has 16 nitrogen and oxygen atoms in total. The van der Waals surface area contributed by atoms with Crippen LogP contribution in [-0.2, 0) is 54.8 Å². The second-order valence-electron chi connectivity index (χ2n) is 13.3. The molecule has 0 bridgehead atoms. The van der Waals surface area contributed by atoms with E-state index in [1.54, 1.807) is 0 Å². The molecule has 1 saturated carbocycles. The number of benzene rings is 4. The minimum absolute atomic E-state index is 0.0442. The number of azide groups is 3. The van der Waals surface area contributed by atoms with Crippen molar-refractivity contribution in [3.63, 3.8) is 0 Å². The summed E-state index contributed by atoms with van der Waals surface area (Å²) in [7, 11) is 0. The minimum Gasteiger partial charge on any atom is -0.394 e. The molecular weight excluding hydrogens is 718 g/mol. The quantitative estimate of drug-likeness (QED) is 0.0599. The molecule has 1 aliphatic carbocycles. The van der Waals surface area contributed by atoms with E-state index in [9.17, 15) is 21.7 Å². The normalized spacial score (nSPS) is 27.2. The maximum absolute atomic E-state index is 10.7. The van der Waals surface area contributed by atoms with E-state index in [0.29, 0.717) is 0 Å². The molecule has 2 aliphatic rings. The SMILES string of the molecule is [N-]=[N+]=NC1CC(N=[N+]=[N-])[C@@H](O[C@H]2OC(CO)[C@@H](OCc3ccccc3)C(OCc3ccccc3)C2N=[N+]=[N-])C(OCc2ccccc2)C1OCc1ccccc1. The first-order valence-electron chi connectivity index (χ1n) is 18.3. The molecule has 0 amide bonds. The third-order valence-electron chi connectivity index (χ3n) is 9.70. The van der Waals surface area contributed by atoms with Crippen molar-refractivity contribution in [2.24, 2.45) is 15.3 Å². The third kappa shape index (κ3) is 10.6. The fourth-order valence-electron chi connectivity index (χ4n) is 7.01. The highest BCUT2D eigenvalue weighted by molar-refractivity contribution is 5.17. The average molecular weight is 762 g/mol. The lowest BCUT2D eigenvalue weighted by atomic mass is 9.83. The number of hydrogen-bond donors (Lipinski definition) is 1. The lowest BCUT2D eigenvalue weighted by Crippen LogP contribution is -2.64. The van der Waals surface area contributed by atoms with Crippen molar-refractivity contribution in [3.8, 4) is 0 Å². The molecular formula is C40H43N9O7. The van der Waals surface area contributed by atoms with Gasteiger partial charge in [-0.2, -0.15) is 0 Å². The molecule has 6 rings (SSSR count). The highest BCUT2D eigenvalue weighted by Crippen LogP contribution is 2.37. The number of ether oxygens (including phenoxy) is 6. The smallest absolute Gasteiger partial charge is 0.169 e. The molecule has 290 valence electrons. The van der Waals surface area contributed by atoms with Gasteiger partial charge in [0.05, 0.1) is 57.3 Å². The van der Waals surface area contributed by atoms with Gasteiger partial charge < -0.3 is 33.5 Å². The Morgan fingerprint density at radius 3 is 1.34 bits per heavy atom. The van der Waals surface area contributed by atoms with Gasteiger partial charge in [-0.15, -0.1) is 0 Å². The fraction of sp³-hybridized carbons (Fsp3) is 0.400. The van der Waals surface area contributed by atoms with E-state index in [0.717, 1.165) is 22.3 Å². The van der Waals surface area contributed by atoms with Gasteiger partial charge in [-0.1, -0.05) is 137 Å². The van der Waals surface area contributed by atoms with Gasteiger partial charge in [0.2, 0.25) is 0 Å². The standard InChI is InChI=1S/C40H43N9O7/c41-47-44-31-21-32(45-48-42)36(39(54-26-30-19-11-4-12-20-30)35(31)51-23-27-13-5-1-6-14-27)56-40-34(46-49-43)38(53-25-29-17-9-3-10-18-29)37(33(22-50)55-40)52-24-28-15-7-2-8-16-28/h1-20,31-40,50H,21-26H2/t31?,32?,33?,34?,35?,36-,37-,38?,39?,40-/m1/s1. The van der Waals surface area contributed by atoms with Crippen molar-refractivity contribution in [2.45, 2.75) is 93.9 Å². The van der Waals surface area contributed by atoms with Gasteiger partial charge in [0.15, 0.2) is 6.29 Å². The molecule has 4 aromatic rings. The summed E-state index contributed by atoms with van der Waals surface area (Å²) in [6.45, 7) is 0.0366. The first kappa shape index (κ1) is 40.2. The van der Waals surface area contributed by atoms with E-state index in [-0.39, 0.29) is 32.8 Å². The second-order valence-corrected chi connectivity index (χ2v) is 13.3. The number of aliphatic hydroxyl groups excluding tert-OH is 1. The van der Waals surface area contributed by atoms with Crippen molar-refractivity contribution < 1.29 is 33.5 Å². The van der Waals surface area contributed by atoms with Crippen LogP contribution >= 0.6 is 0 Å².